The summed E-state index contributed by atoms with van der Waals surface area (Å²) in [7, 11) is 0. The van der Waals surface area contributed by atoms with Gasteiger partial charge in [-0.05, 0) is 41.5 Å². The summed E-state index contributed by atoms with van der Waals surface area (Å²) in [5, 5.41) is 0. The first kappa shape index (κ1) is 13.3. The molecule has 2 aliphatic heterocycles. The number of hydrogen-bond acceptors (Lipinski definition) is 4. The second-order valence-electron chi connectivity index (χ2n) is 6.01. The molecular weight excluding hydrogens is 296 g/mol. The molecule has 0 atom stereocenters. The lowest BCUT2D eigenvalue weighted by Gasteiger charge is -2.01. The van der Waals surface area contributed by atoms with Crippen LogP contribution in [0.3, 0.4) is 0 Å². The normalized spacial score (nSPS) is 14.8. The van der Waals surface area contributed by atoms with E-state index in [0.717, 1.165) is 47.0 Å². The summed E-state index contributed by atoms with van der Waals surface area (Å²) >= 11 is 0. The van der Waals surface area contributed by atoms with Gasteiger partial charge in [0.15, 0.2) is 0 Å². The van der Waals surface area contributed by atoms with E-state index in [9.17, 15) is 0 Å². The molecule has 0 N–H and O–H groups in total. The summed E-state index contributed by atoms with van der Waals surface area (Å²) in [6.45, 7) is 0. The average molecular weight is 310 g/mol. The zero-order valence-electron chi connectivity index (χ0n) is 13.0. The van der Waals surface area contributed by atoms with E-state index in [-0.39, 0.29) is 0 Å². The molecule has 0 amide bonds. The predicted molar refractivity (Wildman–Crippen MR) is 94.7 cm³/mol. The highest BCUT2D eigenvalue weighted by atomic mass is 14.9. The van der Waals surface area contributed by atoms with E-state index in [1.54, 1.807) is 0 Å². The van der Waals surface area contributed by atoms with Gasteiger partial charge in [0.1, 0.15) is 0 Å². The SMILES string of the molecule is c1ccc(C2=Nc3cc4c(cc3C2)CC(c2ccccn2)=N4)nc1. The van der Waals surface area contributed by atoms with E-state index < -0.39 is 0 Å². The summed E-state index contributed by atoms with van der Waals surface area (Å²) in [6.07, 6.45) is 5.28. The van der Waals surface area contributed by atoms with Crippen LogP contribution >= 0.6 is 0 Å². The third-order valence-corrected chi connectivity index (χ3v) is 4.43. The van der Waals surface area contributed by atoms with Crippen molar-refractivity contribution in [3.63, 3.8) is 0 Å². The highest BCUT2D eigenvalue weighted by molar-refractivity contribution is 6.08. The summed E-state index contributed by atoms with van der Waals surface area (Å²) in [5.74, 6) is 0. The maximum Gasteiger partial charge on any atom is 0.0848 e. The Hall–Kier alpha value is -3.14. The zero-order valence-corrected chi connectivity index (χ0v) is 13.0. The number of rotatable bonds is 2. The molecule has 24 heavy (non-hydrogen) atoms. The van der Waals surface area contributed by atoms with Crippen molar-refractivity contribution < 1.29 is 0 Å². The summed E-state index contributed by atoms with van der Waals surface area (Å²) < 4.78 is 0. The van der Waals surface area contributed by atoms with Crippen molar-refractivity contribution in [2.24, 2.45) is 9.98 Å². The number of aromatic nitrogens is 2. The van der Waals surface area contributed by atoms with Gasteiger partial charge in [-0.15, -0.1) is 0 Å². The van der Waals surface area contributed by atoms with Gasteiger partial charge in [0.05, 0.1) is 34.2 Å². The van der Waals surface area contributed by atoms with Crippen molar-refractivity contribution >= 4 is 22.8 Å². The lowest BCUT2D eigenvalue weighted by Crippen LogP contribution is -2.03. The van der Waals surface area contributed by atoms with Gasteiger partial charge >= 0.3 is 0 Å². The maximum atomic E-state index is 4.77. The minimum absolute atomic E-state index is 0.832. The fraction of sp³-hybridized carbons (Fsp3) is 0.100. The van der Waals surface area contributed by atoms with Crippen molar-refractivity contribution in [1.29, 1.82) is 0 Å². The van der Waals surface area contributed by atoms with Gasteiger partial charge in [0.25, 0.3) is 0 Å². The van der Waals surface area contributed by atoms with Crippen LogP contribution < -0.4 is 0 Å². The highest BCUT2D eigenvalue weighted by Crippen LogP contribution is 2.38. The van der Waals surface area contributed by atoms with E-state index in [1.165, 1.54) is 11.1 Å². The molecule has 0 saturated heterocycles. The number of nitrogens with zero attached hydrogens (tertiary/aromatic N) is 4. The first-order valence-corrected chi connectivity index (χ1v) is 8.00. The van der Waals surface area contributed by atoms with Crippen molar-refractivity contribution in [3.8, 4) is 0 Å². The quantitative estimate of drug-likeness (QED) is 0.722. The van der Waals surface area contributed by atoms with Gasteiger partial charge < -0.3 is 0 Å². The molecule has 0 bridgehead atoms. The maximum absolute atomic E-state index is 4.77. The third-order valence-electron chi connectivity index (χ3n) is 4.43. The van der Waals surface area contributed by atoms with Crippen LogP contribution in [-0.2, 0) is 12.8 Å². The molecular formula is C20H14N4. The molecule has 0 unspecified atom stereocenters. The van der Waals surface area contributed by atoms with Crippen LogP contribution in [0.4, 0.5) is 11.4 Å². The minimum atomic E-state index is 0.832. The van der Waals surface area contributed by atoms with Gasteiger partial charge in [-0.25, -0.2) is 0 Å². The Morgan fingerprint density at radius 2 is 1.17 bits per heavy atom. The molecule has 4 nitrogen and oxygen atoms in total. The third kappa shape index (κ3) is 2.15. The van der Waals surface area contributed by atoms with Crippen LogP contribution in [0.2, 0.25) is 0 Å². The molecule has 0 radical (unpaired) electrons. The van der Waals surface area contributed by atoms with Crippen LogP contribution in [0, 0.1) is 0 Å². The Morgan fingerprint density at radius 1 is 0.625 bits per heavy atom. The second kappa shape index (κ2) is 5.20. The Bertz CT molecular complexity index is 910. The second-order valence-corrected chi connectivity index (χ2v) is 6.01. The molecule has 0 fully saturated rings. The average Bonchev–Trinajstić information content (AvgIpc) is 3.24. The van der Waals surface area contributed by atoms with Crippen LogP contribution in [-0.4, -0.2) is 21.4 Å². The van der Waals surface area contributed by atoms with E-state index in [0.29, 0.717) is 0 Å². The highest BCUT2D eigenvalue weighted by Gasteiger charge is 2.23. The Kier molecular flexibility index (Phi) is 2.88. The molecule has 0 aliphatic carbocycles. The standard InChI is InChI=1S/C20H14N4/c1-3-7-21-15(5-1)19-10-13-9-14-11-20(16-6-2-4-8-22-16)24-18(14)12-17(13)23-19/h1-9,12H,10-11H2. The van der Waals surface area contributed by atoms with Crippen molar-refractivity contribution in [2.45, 2.75) is 12.8 Å². The van der Waals surface area contributed by atoms with Crippen LogP contribution in [0.5, 0.6) is 0 Å². The monoisotopic (exact) mass is 310 g/mol. The zero-order chi connectivity index (χ0) is 15.9. The lowest BCUT2D eigenvalue weighted by atomic mass is 10.0. The van der Waals surface area contributed by atoms with E-state index in [2.05, 4.69) is 22.1 Å². The number of pyridine rings is 2. The number of aliphatic imine (C=N–C) groups is 2. The molecule has 5 rings (SSSR count). The minimum Gasteiger partial charge on any atom is -0.255 e. The topological polar surface area (TPSA) is 50.5 Å². The Morgan fingerprint density at radius 3 is 1.62 bits per heavy atom. The molecule has 4 heterocycles. The van der Waals surface area contributed by atoms with Crippen molar-refractivity contribution in [1.82, 2.24) is 9.97 Å². The molecule has 0 saturated carbocycles. The fourth-order valence-electron chi connectivity index (χ4n) is 3.26. The molecule has 4 heteroatoms. The molecule has 2 aromatic heterocycles. The summed E-state index contributed by atoms with van der Waals surface area (Å²) in [4.78, 5) is 18.3. The van der Waals surface area contributed by atoms with Gasteiger partial charge in [-0.1, -0.05) is 18.2 Å². The molecule has 114 valence electrons. The largest absolute Gasteiger partial charge is 0.255 e. The summed E-state index contributed by atoms with van der Waals surface area (Å²) in [5.41, 5.74) is 8.50. The molecule has 1 aromatic carbocycles. The summed E-state index contributed by atoms with van der Waals surface area (Å²) in [6, 6.07) is 16.2. The van der Waals surface area contributed by atoms with Crippen molar-refractivity contribution in [2.75, 3.05) is 0 Å². The van der Waals surface area contributed by atoms with E-state index >= 15 is 0 Å². The fourth-order valence-corrected chi connectivity index (χ4v) is 3.26. The van der Waals surface area contributed by atoms with Gasteiger partial charge in [0, 0.05) is 25.2 Å². The molecule has 2 aliphatic rings. The smallest absolute Gasteiger partial charge is 0.0848 e. The Balaban J connectivity index is 1.51. The predicted octanol–water partition coefficient (Wildman–Crippen LogP) is 3.83. The first-order chi connectivity index (χ1) is 11.9. The van der Waals surface area contributed by atoms with E-state index in [4.69, 9.17) is 9.98 Å². The van der Waals surface area contributed by atoms with Crippen LogP contribution in [0.1, 0.15) is 22.5 Å². The number of benzene rings is 1. The lowest BCUT2D eigenvalue weighted by molar-refractivity contribution is 1.25. The van der Waals surface area contributed by atoms with Gasteiger partial charge in [-0.2, -0.15) is 0 Å². The Labute approximate surface area is 139 Å². The number of hydrogen-bond donors (Lipinski definition) is 0. The molecule has 3 aromatic rings. The first-order valence-electron chi connectivity index (χ1n) is 8.00. The van der Waals surface area contributed by atoms with Crippen LogP contribution in [0.25, 0.3) is 0 Å². The van der Waals surface area contributed by atoms with Gasteiger partial charge in [0.2, 0.25) is 0 Å². The molecule has 0 spiro atoms. The van der Waals surface area contributed by atoms with Crippen LogP contribution in [0.15, 0.2) is 70.9 Å². The van der Waals surface area contributed by atoms with Crippen molar-refractivity contribution in [3.05, 3.63) is 83.4 Å². The van der Waals surface area contributed by atoms with Gasteiger partial charge in [-0.3, -0.25) is 20.0 Å². The van der Waals surface area contributed by atoms with E-state index in [1.807, 2.05) is 48.8 Å². The number of fused-ring (bicyclic) bond motifs is 2.